The van der Waals surface area contributed by atoms with Gasteiger partial charge in [-0.05, 0) is 26.0 Å². The Morgan fingerprint density at radius 2 is 1.86 bits per heavy atom. The second kappa shape index (κ2) is 5.22. The number of benzene rings is 1. The smallest absolute Gasteiger partial charge is 0.285 e. The lowest BCUT2D eigenvalue weighted by molar-refractivity contribution is -0.145. The number of nitrogens with zero attached hydrogens (tertiary/aromatic N) is 1. The van der Waals surface area contributed by atoms with E-state index in [-0.39, 0.29) is 12.7 Å². The average Bonchev–Trinajstić information content (AvgIpc) is 2.92. The molecule has 0 radical (unpaired) electrons. The molecule has 0 aromatic heterocycles. The van der Waals surface area contributed by atoms with Crippen LogP contribution in [0.1, 0.15) is 41.0 Å². The maximum Gasteiger partial charge on any atom is 0.285 e. The van der Waals surface area contributed by atoms with E-state index in [9.17, 15) is 9.59 Å². The van der Waals surface area contributed by atoms with Crippen LogP contribution in [0.3, 0.4) is 0 Å². The van der Waals surface area contributed by atoms with Crippen molar-refractivity contribution < 1.29 is 23.9 Å². The van der Waals surface area contributed by atoms with E-state index in [0.29, 0.717) is 24.2 Å². The summed E-state index contributed by atoms with van der Waals surface area (Å²) in [4.78, 5) is 29.5. The normalized spacial score (nSPS) is 23.7. The van der Waals surface area contributed by atoms with Gasteiger partial charge >= 0.3 is 0 Å². The molecule has 2 aliphatic rings. The van der Waals surface area contributed by atoms with Gasteiger partial charge in [0.15, 0.2) is 5.79 Å². The zero-order chi connectivity index (χ0) is 15.0. The second-order valence-electron chi connectivity index (χ2n) is 5.52. The van der Waals surface area contributed by atoms with Crippen molar-refractivity contribution in [1.82, 2.24) is 5.06 Å². The Morgan fingerprint density at radius 1 is 1.24 bits per heavy atom. The highest BCUT2D eigenvalue weighted by atomic mass is 16.7. The first-order chi connectivity index (χ1) is 9.98. The third kappa shape index (κ3) is 2.70. The molecule has 21 heavy (non-hydrogen) atoms. The number of amides is 2. The van der Waals surface area contributed by atoms with Gasteiger partial charge in [-0.25, -0.2) is 0 Å². The van der Waals surface area contributed by atoms with E-state index in [1.165, 1.54) is 0 Å². The van der Waals surface area contributed by atoms with Gasteiger partial charge in [0.1, 0.15) is 0 Å². The fourth-order valence-corrected chi connectivity index (χ4v) is 2.47. The van der Waals surface area contributed by atoms with Gasteiger partial charge in [-0.15, -0.1) is 5.06 Å². The zero-order valence-electron chi connectivity index (χ0n) is 12.0. The van der Waals surface area contributed by atoms with E-state index in [4.69, 9.17) is 14.3 Å². The van der Waals surface area contributed by atoms with Crippen LogP contribution < -0.4 is 0 Å². The summed E-state index contributed by atoms with van der Waals surface area (Å²) in [5, 5.41) is 0.825. The predicted octanol–water partition coefficient (Wildman–Crippen LogP) is 1.76. The van der Waals surface area contributed by atoms with Crippen molar-refractivity contribution in [2.45, 2.75) is 32.2 Å². The molecular weight excluding hydrogens is 274 g/mol. The van der Waals surface area contributed by atoms with E-state index < -0.39 is 17.6 Å². The number of carbonyl (C=O) groups excluding carboxylic acids is 2. The molecule has 0 spiro atoms. The minimum atomic E-state index is -0.583. The molecule has 6 nitrogen and oxygen atoms in total. The van der Waals surface area contributed by atoms with Crippen molar-refractivity contribution >= 4 is 11.8 Å². The third-order valence-electron chi connectivity index (χ3n) is 3.48. The summed E-state index contributed by atoms with van der Waals surface area (Å²) >= 11 is 0. The lowest BCUT2D eigenvalue weighted by Gasteiger charge is -2.18. The van der Waals surface area contributed by atoms with Gasteiger partial charge < -0.3 is 9.47 Å². The van der Waals surface area contributed by atoms with E-state index >= 15 is 0 Å². The summed E-state index contributed by atoms with van der Waals surface area (Å²) in [6.07, 6.45) is 0.465. The van der Waals surface area contributed by atoms with E-state index in [1.807, 2.05) is 13.8 Å². The summed E-state index contributed by atoms with van der Waals surface area (Å²) in [6.45, 7) is 4.39. The number of carbonyl (C=O) groups is 2. The summed E-state index contributed by atoms with van der Waals surface area (Å²) in [7, 11) is 0. The maximum absolute atomic E-state index is 12.1. The average molecular weight is 291 g/mol. The van der Waals surface area contributed by atoms with Crippen LogP contribution in [0.15, 0.2) is 24.3 Å². The molecule has 0 saturated carbocycles. The molecular formula is C15H17NO5. The fourth-order valence-electron chi connectivity index (χ4n) is 2.47. The highest BCUT2D eigenvalue weighted by molar-refractivity contribution is 6.20. The molecule has 0 bridgehead atoms. The third-order valence-corrected chi connectivity index (χ3v) is 3.48. The van der Waals surface area contributed by atoms with Crippen LogP contribution in [0.25, 0.3) is 0 Å². The van der Waals surface area contributed by atoms with Crippen molar-refractivity contribution in [2.75, 3.05) is 13.2 Å². The summed E-state index contributed by atoms with van der Waals surface area (Å²) in [5.41, 5.74) is 0.758. The molecule has 112 valence electrons. The molecule has 1 atom stereocenters. The first kappa shape index (κ1) is 14.2. The number of hydroxylamine groups is 2. The van der Waals surface area contributed by atoms with Crippen LogP contribution in [-0.2, 0) is 14.3 Å². The summed E-state index contributed by atoms with van der Waals surface area (Å²) in [5.74, 6) is -1.42. The van der Waals surface area contributed by atoms with Crippen LogP contribution in [0.5, 0.6) is 0 Å². The van der Waals surface area contributed by atoms with Crippen LogP contribution >= 0.6 is 0 Å². The van der Waals surface area contributed by atoms with Crippen LogP contribution in [0.2, 0.25) is 0 Å². The molecule has 0 N–H and O–H groups in total. The molecule has 1 aromatic carbocycles. The number of rotatable bonds is 4. The monoisotopic (exact) mass is 291 g/mol. The number of imide groups is 1. The lowest BCUT2D eigenvalue weighted by Crippen LogP contribution is -2.31. The lowest BCUT2D eigenvalue weighted by atomic mass is 10.1. The quantitative estimate of drug-likeness (QED) is 0.791. The van der Waals surface area contributed by atoms with Gasteiger partial charge in [-0.2, -0.15) is 0 Å². The minimum Gasteiger partial charge on any atom is -0.348 e. The van der Waals surface area contributed by atoms with Gasteiger partial charge in [-0.1, -0.05) is 12.1 Å². The van der Waals surface area contributed by atoms with Gasteiger partial charge in [-0.3, -0.25) is 14.4 Å². The molecule has 0 aliphatic carbocycles. The molecule has 2 aliphatic heterocycles. The number of fused-ring (bicyclic) bond motifs is 1. The molecule has 2 amide bonds. The summed E-state index contributed by atoms with van der Waals surface area (Å²) in [6, 6.07) is 6.68. The van der Waals surface area contributed by atoms with Crippen molar-refractivity contribution in [1.29, 1.82) is 0 Å². The molecule has 2 heterocycles. The number of hydrogen-bond acceptors (Lipinski definition) is 5. The van der Waals surface area contributed by atoms with Gasteiger partial charge in [0.2, 0.25) is 0 Å². The Bertz CT molecular complexity index is 548. The Balaban J connectivity index is 1.56. The largest absolute Gasteiger partial charge is 0.348 e. The first-order valence-electron chi connectivity index (χ1n) is 6.90. The molecule has 1 saturated heterocycles. The van der Waals surface area contributed by atoms with Gasteiger partial charge in [0.05, 0.1) is 30.4 Å². The van der Waals surface area contributed by atoms with Gasteiger partial charge in [0, 0.05) is 6.42 Å². The van der Waals surface area contributed by atoms with Crippen molar-refractivity contribution in [3.63, 3.8) is 0 Å². The number of hydrogen-bond donors (Lipinski definition) is 0. The highest BCUT2D eigenvalue weighted by Crippen LogP contribution is 2.25. The zero-order valence-corrected chi connectivity index (χ0v) is 12.0. The Labute approximate surface area is 122 Å². The van der Waals surface area contributed by atoms with Crippen LogP contribution in [0, 0.1) is 0 Å². The fraction of sp³-hybridized carbons (Fsp3) is 0.467. The van der Waals surface area contributed by atoms with E-state index in [1.54, 1.807) is 24.3 Å². The molecule has 6 heteroatoms. The Kier molecular flexibility index (Phi) is 3.52. The topological polar surface area (TPSA) is 65.1 Å². The molecule has 1 aromatic rings. The Morgan fingerprint density at radius 3 is 2.38 bits per heavy atom. The molecule has 0 unspecified atom stereocenters. The molecule has 3 rings (SSSR count). The van der Waals surface area contributed by atoms with E-state index in [2.05, 4.69) is 0 Å². The first-order valence-corrected chi connectivity index (χ1v) is 6.90. The van der Waals surface area contributed by atoms with E-state index in [0.717, 1.165) is 5.06 Å². The minimum absolute atomic E-state index is 0.0878. The molecule has 1 fully saturated rings. The number of ether oxygens (including phenoxy) is 2. The SMILES string of the molecule is CC1(C)OC[C@@H](CCON2C(=O)c3ccccc3C2=O)O1. The van der Waals surface area contributed by atoms with Crippen molar-refractivity contribution in [3.8, 4) is 0 Å². The van der Waals surface area contributed by atoms with Crippen molar-refractivity contribution in [2.24, 2.45) is 0 Å². The Hall–Kier alpha value is -1.76. The second-order valence-corrected chi connectivity index (χ2v) is 5.52. The van der Waals surface area contributed by atoms with Crippen LogP contribution in [0.4, 0.5) is 0 Å². The predicted molar refractivity (Wildman–Crippen MR) is 72.4 cm³/mol. The van der Waals surface area contributed by atoms with Crippen LogP contribution in [-0.4, -0.2) is 42.0 Å². The standard InChI is InChI=1S/C15H17NO5/c1-15(2)19-9-10(21-15)7-8-20-16-13(17)11-5-3-4-6-12(11)14(16)18/h3-6,10H,7-9H2,1-2H3/t10-/m1/s1. The van der Waals surface area contributed by atoms with Crippen molar-refractivity contribution in [3.05, 3.63) is 35.4 Å². The maximum atomic E-state index is 12.1. The highest BCUT2D eigenvalue weighted by Gasteiger charge is 2.37. The summed E-state index contributed by atoms with van der Waals surface area (Å²) < 4.78 is 11.1. The van der Waals surface area contributed by atoms with Gasteiger partial charge in [0.25, 0.3) is 11.8 Å².